The zero-order valence-corrected chi connectivity index (χ0v) is 12.0. The molecule has 0 saturated carbocycles. The Morgan fingerprint density at radius 1 is 1.11 bits per heavy atom. The highest BCUT2D eigenvalue weighted by molar-refractivity contribution is 5.34. The predicted octanol–water partition coefficient (Wildman–Crippen LogP) is 3.40. The van der Waals surface area contributed by atoms with Crippen molar-refractivity contribution < 1.29 is 4.74 Å². The molecule has 1 aromatic carbocycles. The predicted molar refractivity (Wildman–Crippen MR) is 78.5 cm³/mol. The largest absolute Gasteiger partial charge is 0.370 e. The highest BCUT2D eigenvalue weighted by Gasteiger charge is 2.18. The fourth-order valence-electron chi connectivity index (χ4n) is 3.30. The summed E-state index contributed by atoms with van der Waals surface area (Å²) in [5.41, 5.74) is 4.48. The van der Waals surface area contributed by atoms with Crippen molar-refractivity contribution in [2.75, 3.05) is 13.1 Å². The summed E-state index contributed by atoms with van der Waals surface area (Å²) in [6.45, 7) is 4.40. The van der Waals surface area contributed by atoms with E-state index in [1.165, 1.54) is 31.2 Å². The molecule has 2 heteroatoms. The quantitative estimate of drug-likeness (QED) is 0.898. The SMILES string of the molecule is CC(OC1CCNCC1)c1ccc2c(c1)CCCC2. The summed E-state index contributed by atoms with van der Waals surface area (Å²) in [6.07, 6.45) is 8.18. The zero-order chi connectivity index (χ0) is 13.1. The molecule has 1 aromatic rings. The van der Waals surface area contributed by atoms with Crippen molar-refractivity contribution in [2.45, 2.75) is 57.7 Å². The minimum Gasteiger partial charge on any atom is -0.370 e. The molecule has 1 saturated heterocycles. The van der Waals surface area contributed by atoms with E-state index in [1.54, 1.807) is 11.1 Å². The van der Waals surface area contributed by atoms with E-state index in [0.29, 0.717) is 6.10 Å². The van der Waals surface area contributed by atoms with Crippen LogP contribution in [-0.2, 0) is 17.6 Å². The summed E-state index contributed by atoms with van der Waals surface area (Å²) in [5, 5.41) is 3.39. The van der Waals surface area contributed by atoms with Gasteiger partial charge in [0.2, 0.25) is 0 Å². The van der Waals surface area contributed by atoms with Gasteiger partial charge in [-0.3, -0.25) is 0 Å². The van der Waals surface area contributed by atoms with Crippen LogP contribution in [0.4, 0.5) is 0 Å². The number of fused-ring (bicyclic) bond motifs is 1. The summed E-state index contributed by atoms with van der Waals surface area (Å²) in [5.74, 6) is 0. The van der Waals surface area contributed by atoms with Crippen molar-refractivity contribution in [3.63, 3.8) is 0 Å². The Kier molecular flexibility index (Phi) is 4.19. The molecule has 1 aliphatic heterocycles. The van der Waals surface area contributed by atoms with Gasteiger partial charge in [-0.1, -0.05) is 18.2 Å². The molecule has 104 valence electrons. The van der Waals surface area contributed by atoms with E-state index in [2.05, 4.69) is 30.4 Å². The molecule has 1 aliphatic carbocycles. The van der Waals surface area contributed by atoms with E-state index >= 15 is 0 Å². The van der Waals surface area contributed by atoms with E-state index in [9.17, 15) is 0 Å². The Hall–Kier alpha value is -0.860. The maximum atomic E-state index is 6.23. The molecule has 1 unspecified atom stereocenters. The van der Waals surface area contributed by atoms with Crippen LogP contribution in [0, 0.1) is 0 Å². The first-order chi connectivity index (χ1) is 9.33. The maximum Gasteiger partial charge on any atom is 0.0800 e. The summed E-state index contributed by atoms with van der Waals surface area (Å²) in [7, 11) is 0. The summed E-state index contributed by atoms with van der Waals surface area (Å²) in [6, 6.07) is 6.99. The van der Waals surface area contributed by atoms with Crippen LogP contribution in [0.15, 0.2) is 18.2 Å². The third-order valence-corrected chi connectivity index (χ3v) is 4.52. The van der Waals surface area contributed by atoms with Gasteiger partial charge in [-0.25, -0.2) is 0 Å². The van der Waals surface area contributed by atoms with Crippen LogP contribution >= 0.6 is 0 Å². The van der Waals surface area contributed by atoms with Gasteiger partial charge in [0.25, 0.3) is 0 Å². The van der Waals surface area contributed by atoms with E-state index < -0.39 is 0 Å². The second-order valence-corrected chi connectivity index (χ2v) is 5.96. The topological polar surface area (TPSA) is 21.3 Å². The van der Waals surface area contributed by atoms with E-state index in [1.807, 2.05) is 0 Å². The molecular formula is C17H25NO. The van der Waals surface area contributed by atoms with Gasteiger partial charge in [0.15, 0.2) is 0 Å². The molecule has 1 heterocycles. The van der Waals surface area contributed by atoms with Gasteiger partial charge < -0.3 is 10.1 Å². The molecule has 1 fully saturated rings. The molecule has 0 aromatic heterocycles. The molecule has 1 atom stereocenters. The van der Waals surface area contributed by atoms with Crippen molar-refractivity contribution >= 4 is 0 Å². The lowest BCUT2D eigenvalue weighted by Crippen LogP contribution is -2.33. The third-order valence-electron chi connectivity index (χ3n) is 4.52. The highest BCUT2D eigenvalue weighted by Crippen LogP contribution is 2.27. The first kappa shape index (κ1) is 13.1. The number of rotatable bonds is 3. The summed E-state index contributed by atoms with van der Waals surface area (Å²) < 4.78 is 6.23. The molecule has 19 heavy (non-hydrogen) atoms. The van der Waals surface area contributed by atoms with E-state index in [4.69, 9.17) is 4.74 Å². The minimum absolute atomic E-state index is 0.232. The van der Waals surface area contributed by atoms with Crippen molar-refractivity contribution in [1.29, 1.82) is 0 Å². The molecule has 0 radical (unpaired) electrons. The number of hydrogen-bond donors (Lipinski definition) is 1. The summed E-state index contributed by atoms with van der Waals surface area (Å²) >= 11 is 0. The second kappa shape index (κ2) is 6.06. The molecule has 2 aliphatic rings. The van der Waals surface area contributed by atoms with Crippen LogP contribution in [-0.4, -0.2) is 19.2 Å². The Morgan fingerprint density at radius 2 is 1.84 bits per heavy atom. The number of aryl methyl sites for hydroxylation is 2. The number of hydrogen-bond acceptors (Lipinski definition) is 2. The number of ether oxygens (including phenoxy) is 1. The van der Waals surface area contributed by atoms with Gasteiger partial charge in [-0.2, -0.15) is 0 Å². The molecule has 2 nitrogen and oxygen atoms in total. The lowest BCUT2D eigenvalue weighted by atomic mass is 9.89. The Morgan fingerprint density at radius 3 is 2.63 bits per heavy atom. The molecule has 3 rings (SSSR count). The van der Waals surface area contributed by atoms with E-state index in [-0.39, 0.29) is 6.10 Å². The van der Waals surface area contributed by atoms with Crippen molar-refractivity contribution in [3.05, 3.63) is 34.9 Å². The number of nitrogens with one attached hydrogen (secondary N) is 1. The third kappa shape index (κ3) is 3.18. The van der Waals surface area contributed by atoms with Crippen LogP contribution in [0.5, 0.6) is 0 Å². The van der Waals surface area contributed by atoms with Gasteiger partial charge in [-0.05, 0) is 75.2 Å². The number of benzene rings is 1. The fraction of sp³-hybridized carbons (Fsp3) is 0.647. The molecule has 0 bridgehead atoms. The average molecular weight is 259 g/mol. The smallest absolute Gasteiger partial charge is 0.0800 e. The highest BCUT2D eigenvalue weighted by atomic mass is 16.5. The maximum absolute atomic E-state index is 6.23. The van der Waals surface area contributed by atoms with Crippen molar-refractivity contribution in [3.8, 4) is 0 Å². The fourth-order valence-corrected chi connectivity index (χ4v) is 3.30. The van der Waals surface area contributed by atoms with Crippen molar-refractivity contribution in [2.24, 2.45) is 0 Å². The zero-order valence-electron chi connectivity index (χ0n) is 12.0. The van der Waals surface area contributed by atoms with Gasteiger partial charge in [0, 0.05) is 0 Å². The molecule has 0 spiro atoms. The Balaban J connectivity index is 1.67. The van der Waals surface area contributed by atoms with Crippen LogP contribution in [0.25, 0.3) is 0 Å². The standard InChI is InChI=1S/C17H25NO/c1-13(19-17-8-10-18-11-9-17)15-7-6-14-4-2-3-5-16(14)12-15/h6-7,12-13,17-18H,2-5,8-11H2,1H3. The Bertz CT molecular complexity index is 423. The molecule has 0 amide bonds. The first-order valence-electron chi connectivity index (χ1n) is 7.81. The minimum atomic E-state index is 0.232. The normalized spacial score (nSPS) is 21.9. The van der Waals surface area contributed by atoms with Crippen LogP contribution in [0.2, 0.25) is 0 Å². The van der Waals surface area contributed by atoms with Gasteiger partial charge in [-0.15, -0.1) is 0 Å². The van der Waals surface area contributed by atoms with Crippen LogP contribution in [0.1, 0.15) is 55.4 Å². The van der Waals surface area contributed by atoms with Gasteiger partial charge in [0.1, 0.15) is 0 Å². The molecular weight excluding hydrogens is 234 g/mol. The first-order valence-corrected chi connectivity index (χ1v) is 7.81. The van der Waals surface area contributed by atoms with Crippen molar-refractivity contribution in [1.82, 2.24) is 5.32 Å². The van der Waals surface area contributed by atoms with Gasteiger partial charge in [0.05, 0.1) is 12.2 Å². The molecule has 1 N–H and O–H groups in total. The van der Waals surface area contributed by atoms with Gasteiger partial charge >= 0.3 is 0 Å². The number of piperidine rings is 1. The summed E-state index contributed by atoms with van der Waals surface area (Å²) in [4.78, 5) is 0. The Labute approximate surface area is 116 Å². The van der Waals surface area contributed by atoms with E-state index in [0.717, 1.165) is 25.9 Å². The second-order valence-electron chi connectivity index (χ2n) is 5.96. The lowest BCUT2D eigenvalue weighted by molar-refractivity contribution is -0.0187. The van der Waals surface area contributed by atoms with Crippen LogP contribution in [0.3, 0.4) is 0 Å². The average Bonchev–Trinajstić information content (AvgIpc) is 2.48. The lowest BCUT2D eigenvalue weighted by Gasteiger charge is -2.27. The van der Waals surface area contributed by atoms with Crippen LogP contribution < -0.4 is 5.32 Å². The monoisotopic (exact) mass is 259 g/mol.